The fourth-order valence-corrected chi connectivity index (χ4v) is 2.18. The highest BCUT2D eigenvalue weighted by molar-refractivity contribution is 5.20. The summed E-state index contributed by atoms with van der Waals surface area (Å²) in [5, 5.41) is 3.90. The smallest absolute Gasteiger partial charge is 0.255 e. The highest BCUT2D eigenvalue weighted by Gasteiger charge is 2.29. The molecule has 2 aromatic rings. The summed E-state index contributed by atoms with van der Waals surface area (Å²) in [6.45, 7) is 0.801. The van der Waals surface area contributed by atoms with E-state index in [0.29, 0.717) is 18.3 Å². The van der Waals surface area contributed by atoms with Crippen molar-refractivity contribution in [1.29, 1.82) is 0 Å². The zero-order valence-electron chi connectivity index (χ0n) is 11.1. The summed E-state index contributed by atoms with van der Waals surface area (Å²) in [7, 11) is 0. The van der Waals surface area contributed by atoms with Crippen LogP contribution in [-0.2, 0) is 11.3 Å². The standard InChI is InChI=1S/C14H17N3O3/c15-8-11-6-7-12(19-11)14-16-13(17-20-14)9-18-10-4-2-1-3-5-10/h1-5,11-12H,6-9,15H2. The topological polar surface area (TPSA) is 83.4 Å². The molecule has 2 N–H and O–H groups in total. The van der Waals surface area contributed by atoms with Gasteiger partial charge in [0.1, 0.15) is 11.9 Å². The van der Waals surface area contributed by atoms with E-state index in [-0.39, 0.29) is 18.8 Å². The lowest BCUT2D eigenvalue weighted by Gasteiger charge is -2.07. The zero-order valence-corrected chi connectivity index (χ0v) is 11.1. The van der Waals surface area contributed by atoms with Crippen LogP contribution in [0.15, 0.2) is 34.9 Å². The van der Waals surface area contributed by atoms with Gasteiger partial charge in [0.05, 0.1) is 6.10 Å². The van der Waals surface area contributed by atoms with Crippen LogP contribution in [-0.4, -0.2) is 22.8 Å². The Morgan fingerprint density at radius 3 is 2.85 bits per heavy atom. The minimum atomic E-state index is -0.137. The van der Waals surface area contributed by atoms with Crippen molar-refractivity contribution < 1.29 is 14.0 Å². The number of ether oxygens (including phenoxy) is 2. The summed E-state index contributed by atoms with van der Waals surface area (Å²) in [5.74, 6) is 1.80. The van der Waals surface area contributed by atoms with E-state index in [1.165, 1.54) is 0 Å². The molecule has 0 bridgehead atoms. The quantitative estimate of drug-likeness (QED) is 0.896. The van der Waals surface area contributed by atoms with Crippen LogP contribution < -0.4 is 10.5 Å². The summed E-state index contributed by atoms with van der Waals surface area (Å²) in [6, 6.07) is 9.52. The number of nitrogens with two attached hydrogens (primary N) is 1. The van der Waals surface area contributed by atoms with Gasteiger partial charge in [0.25, 0.3) is 5.89 Å². The van der Waals surface area contributed by atoms with Gasteiger partial charge in [-0.05, 0) is 25.0 Å². The highest BCUT2D eigenvalue weighted by atomic mass is 16.5. The van der Waals surface area contributed by atoms with Crippen molar-refractivity contribution >= 4 is 0 Å². The van der Waals surface area contributed by atoms with Crippen LogP contribution in [0.3, 0.4) is 0 Å². The largest absolute Gasteiger partial charge is 0.485 e. The molecule has 1 aliphatic heterocycles. The van der Waals surface area contributed by atoms with Crippen LogP contribution in [0.4, 0.5) is 0 Å². The Morgan fingerprint density at radius 2 is 2.10 bits per heavy atom. The van der Waals surface area contributed by atoms with E-state index in [1.807, 2.05) is 30.3 Å². The van der Waals surface area contributed by atoms with Gasteiger partial charge in [-0.15, -0.1) is 0 Å². The molecule has 1 saturated heterocycles. The fraction of sp³-hybridized carbons (Fsp3) is 0.429. The third-order valence-electron chi connectivity index (χ3n) is 3.24. The minimum absolute atomic E-state index is 0.0934. The molecular formula is C14H17N3O3. The second kappa shape index (κ2) is 6.02. The van der Waals surface area contributed by atoms with E-state index < -0.39 is 0 Å². The van der Waals surface area contributed by atoms with E-state index in [2.05, 4.69) is 10.1 Å². The first-order valence-corrected chi connectivity index (χ1v) is 6.71. The first-order valence-electron chi connectivity index (χ1n) is 6.71. The third-order valence-corrected chi connectivity index (χ3v) is 3.24. The molecule has 2 heterocycles. The van der Waals surface area contributed by atoms with E-state index in [9.17, 15) is 0 Å². The molecule has 3 rings (SSSR count). The van der Waals surface area contributed by atoms with Crippen LogP contribution in [0, 0.1) is 0 Å². The number of hydrogen-bond acceptors (Lipinski definition) is 6. The number of para-hydroxylation sites is 1. The Kier molecular flexibility index (Phi) is 3.94. The van der Waals surface area contributed by atoms with Gasteiger partial charge in [-0.3, -0.25) is 0 Å². The molecule has 6 heteroatoms. The number of nitrogens with zero attached hydrogens (tertiary/aromatic N) is 2. The van der Waals surface area contributed by atoms with E-state index in [4.69, 9.17) is 19.7 Å². The lowest BCUT2D eigenvalue weighted by Crippen LogP contribution is -2.18. The van der Waals surface area contributed by atoms with Crippen molar-refractivity contribution in [3.05, 3.63) is 42.0 Å². The fourth-order valence-electron chi connectivity index (χ4n) is 2.18. The van der Waals surface area contributed by atoms with Gasteiger partial charge in [-0.25, -0.2) is 0 Å². The molecule has 0 amide bonds. The van der Waals surface area contributed by atoms with Crippen LogP contribution in [0.5, 0.6) is 5.75 Å². The Bertz CT molecular complexity index is 544. The SMILES string of the molecule is NCC1CCC(c2nc(COc3ccccc3)no2)O1. The Labute approximate surface area is 116 Å². The molecule has 6 nitrogen and oxygen atoms in total. The summed E-state index contributed by atoms with van der Waals surface area (Å²) in [6.07, 6.45) is 1.75. The molecule has 0 spiro atoms. The van der Waals surface area contributed by atoms with Crippen molar-refractivity contribution in [3.63, 3.8) is 0 Å². The third kappa shape index (κ3) is 2.97. The maximum Gasteiger partial charge on any atom is 0.255 e. The molecular weight excluding hydrogens is 258 g/mol. The second-order valence-corrected chi connectivity index (χ2v) is 4.71. The van der Waals surface area contributed by atoms with Gasteiger partial charge >= 0.3 is 0 Å². The zero-order chi connectivity index (χ0) is 13.8. The van der Waals surface area contributed by atoms with Crippen LogP contribution in [0.1, 0.15) is 30.7 Å². The summed E-state index contributed by atoms with van der Waals surface area (Å²) in [5.41, 5.74) is 5.58. The first-order chi connectivity index (χ1) is 9.85. The van der Waals surface area contributed by atoms with E-state index in [0.717, 1.165) is 18.6 Å². The normalized spacial score (nSPS) is 22.1. The van der Waals surface area contributed by atoms with Gasteiger partial charge in [0.2, 0.25) is 5.82 Å². The maximum absolute atomic E-state index is 5.71. The van der Waals surface area contributed by atoms with Gasteiger partial charge in [-0.2, -0.15) is 4.98 Å². The molecule has 2 unspecified atom stereocenters. The van der Waals surface area contributed by atoms with Crippen LogP contribution in [0.25, 0.3) is 0 Å². The van der Waals surface area contributed by atoms with E-state index in [1.54, 1.807) is 0 Å². The summed E-state index contributed by atoms with van der Waals surface area (Å²) >= 11 is 0. The van der Waals surface area contributed by atoms with Crippen molar-refractivity contribution in [2.75, 3.05) is 6.54 Å². The van der Waals surface area contributed by atoms with Gasteiger partial charge in [0.15, 0.2) is 6.61 Å². The van der Waals surface area contributed by atoms with Crippen molar-refractivity contribution in [2.45, 2.75) is 31.7 Å². The average Bonchev–Trinajstić information content (AvgIpc) is 3.15. The molecule has 1 aromatic carbocycles. The second-order valence-electron chi connectivity index (χ2n) is 4.71. The number of aromatic nitrogens is 2. The van der Waals surface area contributed by atoms with Gasteiger partial charge in [-0.1, -0.05) is 23.4 Å². The van der Waals surface area contributed by atoms with Crippen molar-refractivity contribution in [2.24, 2.45) is 5.73 Å². The van der Waals surface area contributed by atoms with Crippen molar-refractivity contribution in [1.82, 2.24) is 10.1 Å². The molecule has 20 heavy (non-hydrogen) atoms. The summed E-state index contributed by atoms with van der Waals surface area (Å²) in [4.78, 5) is 4.31. The highest BCUT2D eigenvalue weighted by Crippen LogP contribution is 2.31. The summed E-state index contributed by atoms with van der Waals surface area (Å²) < 4.78 is 16.5. The number of benzene rings is 1. The van der Waals surface area contributed by atoms with Crippen LogP contribution in [0.2, 0.25) is 0 Å². The Morgan fingerprint density at radius 1 is 1.25 bits per heavy atom. The minimum Gasteiger partial charge on any atom is -0.485 e. The molecule has 1 aromatic heterocycles. The predicted molar refractivity (Wildman–Crippen MR) is 71.0 cm³/mol. The molecule has 0 saturated carbocycles. The Balaban J connectivity index is 1.57. The molecule has 106 valence electrons. The van der Waals surface area contributed by atoms with Gasteiger partial charge < -0.3 is 19.7 Å². The monoisotopic (exact) mass is 275 g/mol. The molecule has 1 aliphatic rings. The number of rotatable bonds is 5. The van der Waals surface area contributed by atoms with E-state index >= 15 is 0 Å². The molecule has 1 fully saturated rings. The lowest BCUT2D eigenvalue weighted by molar-refractivity contribution is 0.0307. The number of hydrogen-bond donors (Lipinski definition) is 1. The first kappa shape index (κ1) is 13.1. The molecule has 0 aliphatic carbocycles. The average molecular weight is 275 g/mol. The molecule has 0 radical (unpaired) electrons. The van der Waals surface area contributed by atoms with Crippen molar-refractivity contribution in [3.8, 4) is 5.75 Å². The lowest BCUT2D eigenvalue weighted by atomic mass is 10.2. The predicted octanol–water partition coefficient (Wildman–Crippen LogP) is 1.83. The van der Waals surface area contributed by atoms with Crippen LogP contribution >= 0.6 is 0 Å². The molecule has 2 atom stereocenters. The maximum atomic E-state index is 5.71. The Hall–Kier alpha value is -1.92. The van der Waals surface area contributed by atoms with Gasteiger partial charge in [0, 0.05) is 6.54 Å².